The molecule has 194 valence electrons. The molecule has 1 N–H and O–H groups in total. The molecule has 8 heteroatoms. The third-order valence-corrected chi connectivity index (χ3v) is 6.19. The van der Waals surface area contributed by atoms with Crippen LogP contribution < -0.4 is 19.7 Å². The van der Waals surface area contributed by atoms with E-state index in [4.69, 9.17) is 21.1 Å². The first kappa shape index (κ1) is 25.8. The van der Waals surface area contributed by atoms with Crippen molar-refractivity contribution < 1.29 is 23.9 Å². The molecule has 0 aliphatic carbocycles. The summed E-state index contributed by atoms with van der Waals surface area (Å²) in [6.45, 7) is 0.654. The van der Waals surface area contributed by atoms with Gasteiger partial charge in [0.15, 0.2) is 0 Å². The summed E-state index contributed by atoms with van der Waals surface area (Å²) >= 11 is 6.21. The Morgan fingerprint density at radius 1 is 0.744 bits per heavy atom. The van der Waals surface area contributed by atoms with Gasteiger partial charge in [0.05, 0.1) is 5.69 Å². The van der Waals surface area contributed by atoms with E-state index in [9.17, 15) is 14.4 Å². The van der Waals surface area contributed by atoms with Crippen LogP contribution >= 0.6 is 11.6 Å². The smallest absolute Gasteiger partial charge is 0.335 e. The second-order valence-corrected chi connectivity index (χ2v) is 9.12. The normalized spacial score (nSPS) is 14.3. The number of nitrogens with zero attached hydrogens (tertiary/aromatic N) is 1. The van der Waals surface area contributed by atoms with Crippen LogP contribution in [0.3, 0.4) is 0 Å². The molecule has 1 heterocycles. The van der Waals surface area contributed by atoms with E-state index < -0.39 is 17.8 Å². The molecule has 4 amide bonds. The van der Waals surface area contributed by atoms with Crippen LogP contribution in [0, 0.1) is 0 Å². The van der Waals surface area contributed by atoms with E-state index in [0.717, 1.165) is 16.0 Å². The molecule has 1 aliphatic heterocycles. The molecule has 4 aromatic carbocycles. The zero-order valence-corrected chi connectivity index (χ0v) is 21.4. The average molecular weight is 539 g/mol. The van der Waals surface area contributed by atoms with Crippen molar-refractivity contribution in [2.24, 2.45) is 0 Å². The van der Waals surface area contributed by atoms with E-state index >= 15 is 0 Å². The fourth-order valence-corrected chi connectivity index (χ4v) is 4.16. The molecule has 0 spiro atoms. The van der Waals surface area contributed by atoms with Gasteiger partial charge in [-0.05, 0) is 59.7 Å². The molecular weight excluding hydrogens is 516 g/mol. The first-order valence-electron chi connectivity index (χ1n) is 12.1. The predicted octanol–water partition coefficient (Wildman–Crippen LogP) is 6.16. The van der Waals surface area contributed by atoms with E-state index in [1.807, 2.05) is 60.7 Å². The number of hydrogen-bond acceptors (Lipinski definition) is 5. The van der Waals surface area contributed by atoms with Gasteiger partial charge >= 0.3 is 6.03 Å². The van der Waals surface area contributed by atoms with Crippen LogP contribution in [0.2, 0.25) is 5.02 Å². The zero-order chi connectivity index (χ0) is 27.2. The molecule has 4 aromatic rings. The van der Waals surface area contributed by atoms with Gasteiger partial charge in [-0.15, -0.1) is 0 Å². The highest BCUT2D eigenvalue weighted by atomic mass is 35.5. The number of imide groups is 2. The van der Waals surface area contributed by atoms with Gasteiger partial charge in [0.25, 0.3) is 11.8 Å². The van der Waals surface area contributed by atoms with Gasteiger partial charge in [-0.1, -0.05) is 72.3 Å². The molecule has 0 saturated carbocycles. The number of ether oxygens (including phenoxy) is 2. The van der Waals surface area contributed by atoms with Gasteiger partial charge in [-0.2, -0.15) is 0 Å². The number of carbonyl (C=O) groups is 3. The third kappa shape index (κ3) is 6.17. The van der Waals surface area contributed by atoms with Crippen molar-refractivity contribution in [3.63, 3.8) is 0 Å². The third-order valence-electron chi connectivity index (χ3n) is 5.95. The molecule has 1 saturated heterocycles. The largest absolute Gasteiger partial charge is 0.489 e. The van der Waals surface area contributed by atoms with Crippen LogP contribution in [-0.4, -0.2) is 17.8 Å². The number of amides is 4. The second-order valence-electron chi connectivity index (χ2n) is 8.68. The number of barbiturate groups is 1. The van der Waals surface area contributed by atoms with E-state index in [1.54, 1.807) is 42.5 Å². The number of benzene rings is 4. The maximum atomic E-state index is 13.4. The first-order chi connectivity index (χ1) is 19.0. The predicted molar refractivity (Wildman–Crippen MR) is 148 cm³/mol. The Morgan fingerprint density at radius 2 is 1.36 bits per heavy atom. The molecule has 0 atom stereocenters. The SMILES string of the molecule is O=C1NC(=O)N(c2ccc(OCc3ccccc3)cc2)C(=O)/C1=C/c1cc(Cl)ccc1OCc1ccccc1. The van der Waals surface area contributed by atoms with Gasteiger partial charge in [-0.25, -0.2) is 9.69 Å². The molecule has 5 rings (SSSR count). The van der Waals surface area contributed by atoms with Gasteiger partial charge in [0, 0.05) is 10.6 Å². The summed E-state index contributed by atoms with van der Waals surface area (Å²) in [5, 5.41) is 2.64. The maximum Gasteiger partial charge on any atom is 0.335 e. The number of hydrogen-bond donors (Lipinski definition) is 1. The van der Waals surface area contributed by atoms with Crippen molar-refractivity contribution in [3.05, 3.63) is 130 Å². The molecule has 0 bridgehead atoms. The Bertz CT molecular complexity index is 1540. The lowest BCUT2D eigenvalue weighted by Gasteiger charge is -2.26. The molecule has 39 heavy (non-hydrogen) atoms. The Hall–Kier alpha value is -4.88. The quantitative estimate of drug-likeness (QED) is 0.214. The fourth-order valence-electron chi connectivity index (χ4n) is 3.98. The molecule has 0 unspecified atom stereocenters. The van der Waals surface area contributed by atoms with Crippen molar-refractivity contribution in [2.75, 3.05) is 4.90 Å². The fraction of sp³-hybridized carbons (Fsp3) is 0.0645. The summed E-state index contributed by atoms with van der Waals surface area (Å²) in [7, 11) is 0. The minimum absolute atomic E-state index is 0.231. The molecule has 0 radical (unpaired) electrons. The molecule has 1 aliphatic rings. The van der Waals surface area contributed by atoms with Gasteiger partial charge < -0.3 is 9.47 Å². The van der Waals surface area contributed by atoms with Crippen molar-refractivity contribution in [3.8, 4) is 11.5 Å². The number of rotatable bonds is 8. The number of carbonyl (C=O) groups excluding carboxylic acids is 3. The van der Waals surface area contributed by atoms with Crippen LogP contribution in [0.1, 0.15) is 16.7 Å². The van der Waals surface area contributed by atoms with E-state index in [1.165, 1.54) is 6.08 Å². The monoisotopic (exact) mass is 538 g/mol. The van der Waals surface area contributed by atoms with Crippen molar-refractivity contribution in [1.29, 1.82) is 0 Å². The minimum Gasteiger partial charge on any atom is -0.489 e. The highest BCUT2D eigenvalue weighted by molar-refractivity contribution is 6.39. The number of urea groups is 1. The summed E-state index contributed by atoms with van der Waals surface area (Å²) < 4.78 is 11.7. The number of halogens is 1. The van der Waals surface area contributed by atoms with Crippen molar-refractivity contribution in [1.82, 2.24) is 5.32 Å². The molecular formula is C31H23ClN2O5. The molecule has 0 aromatic heterocycles. The Labute approximate surface area is 230 Å². The lowest BCUT2D eigenvalue weighted by atomic mass is 10.1. The summed E-state index contributed by atoms with van der Waals surface area (Å²) in [6.07, 6.45) is 1.38. The lowest BCUT2D eigenvalue weighted by Crippen LogP contribution is -2.54. The number of anilines is 1. The Balaban J connectivity index is 1.37. The highest BCUT2D eigenvalue weighted by Gasteiger charge is 2.37. The highest BCUT2D eigenvalue weighted by Crippen LogP contribution is 2.29. The second kappa shape index (κ2) is 11.7. The Morgan fingerprint density at radius 3 is 2.00 bits per heavy atom. The van der Waals surface area contributed by atoms with E-state index in [0.29, 0.717) is 28.7 Å². The summed E-state index contributed by atoms with van der Waals surface area (Å²) in [4.78, 5) is 39.7. The first-order valence-corrected chi connectivity index (χ1v) is 12.5. The van der Waals surface area contributed by atoms with Crippen LogP contribution in [0.5, 0.6) is 11.5 Å². The summed E-state index contributed by atoms with van der Waals surface area (Å²) in [6, 6.07) is 29.8. The minimum atomic E-state index is -0.841. The van der Waals surface area contributed by atoms with E-state index in [2.05, 4.69) is 5.32 Å². The zero-order valence-electron chi connectivity index (χ0n) is 20.7. The number of nitrogens with one attached hydrogen (secondary N) is 1. The topological polar surface area (TPSA) is 84.9 Å². The van der Waals surface area contributed by atoms with Crippen LogP contribution in [-0.2, 0) is 22.8 Å². The van der Waals surface area contributed by atoms with Gasteiger partial charge in [0.1, 0.15) is 30.3 Å². The van der Waals surface area contributed by atoms with Crippen LogP contribution in [0.25, 0.3) is 6.08 Å². The van der Waals surface area contributed by atoms with Crippen molar-refractivity contribution >= 4 is 41.2 Å². The van der Waals surface area contributed by atoms with E-state index in [-0.39, 0.29) is 17.9 Å². The summed E-state index contributed by atoms with van der Waals surface area (Å²) in [5.74, 6) is -0.577. The average Bonchev–Trinajstić information content (AvgIpc) is 2.95. The van der Waals surface area contributed by atoms with Crippen molar-refractivity contribution in [2.45, 2.75) is 13.2 Å². The van der Waals surface area contributed by atoms with Crippen LogP contribution in [0.4, 0.5) is 10.5 Å². The van der Waals surface area contributed by atoms with Crippen LogP contribution in [0.15, 0.2) is 109 Å². The standard InChI is InChI=1S/C31H23ClN2O5/c32-24-11-16-28(39-20-22-9-5-2-6-10-22)23(17-24)18-27-29(35)33-31(37)34(30(27)36)25-12-14-26(15-13-25)38-19-21-7-3-1-4-8-21/h1-18H,19-20H2,(H,33,35,37)/b27-18+. The molecule has 7 nitrogen and oxygen atoms in total. The van der Waals surface area contributed by atoms with Gasteiger partial charge in [-0.3, -0.25) is 14.9 Å². The Kier molecular flexibility index (Phi) is 7.70. The lowest BCUT2D eigenvalue weighted by molar-refractivity contribution is -0.122. The maximum absolute atomic E-state index is 13.4. The van der Waals surface area contributed by atoms with Gasteiger partial charge in [0.2, 0.25) is 0 Å². The molecule has 1 fully saturated rings. The summed E-state index contributed by atoms with van der Waals surface area (Å²) in [5.41, 5.74) is 2.44.